The topological polar surface area (TPSA) is 75.6 Å². The van der Waals surface area contributed by atoms with Crippen LogP contribution in [0.5, 0.6) is 0 Å². The number of rotatable bonds is 5. The molecule has 1 aliphatic carbocycles. The predicted molar refractivity (Wildman–Crippen MR) is 117 cm³/mol. The van der Waals surface area contributed by atoms with Crippen LogP contribution < -0.4 is 10.6 Å². The number of anilines is 2. The molecule has 28 heavy (non-hydrogen) atoms. The van der Waals surface area contributed by atoms with Gasteiger partial charge in [0.05, 0.1) is 22.2 Å². The fourth-order valence-corrected chi connectivity index (χ4v) is 4.54. The summed E-state index contributed by atoms with van der Waals surface area (Å²) in [5.41, 5.74) is 3.03. The van der Waals surface area contributed by atoms with E-state index in [9.17, 15) is 0 Å². The Morgan fingerprint density at radius 2 is 1.93 bits per heavy atom. The van der Waals surface area contributed by atoms with Gasteiger partial charge in [0, 0.05) is 18.8 Å². The number of nitrogens with one attached hydrogen (secondary N) is 2. The fraction of sp³-hybridized carbons (Fsp3) is 0.524. The molecule has 4 rings (SSSR count). The molecule has 0 amide bonds. The Labute approximate surface area is 170 Å². The molecule has 6 nitrogen and oxygen atoms in total. The smallest absolute Gasteiger partial charge is 0.224 e. The second kappa shape index (κ2) is 7.62. The van der Waals surface area contributed by atoms with Gasteiger partial charge >= 0.3 is 0 Å². The predicted octanol–water partition coefficient (Wildman–Crippen LogP) is 5.27. The van der Waals surface area contributed by atoms with Gasteiger partial charge in [0.15, 0.2) is 0 Å². The molecule has 0 bridgehead atoms. The number of aryl methyl sites for hydroxylation is 1. The Balaban J connectivity index is 1.74. The fourth-order valence-electron chi connectivity index (χ4n) is 3.51. The summed E-state index contributed by atoms with van der Waals surface area (Å²) < 4.78 is 1.13. The highest BCUT2D eigenvalue weighted by molar-refractivity contribution is 7.21. The normalized spacial score (nSPS) is 15.3. The average Bonchev–Trinajstić information content (AvgIpc) is 3.28. The summed E-state index contributed by atoms with van der Waals surface area (Å²) in [7, 11) is 0. The van der Waals surface area contributed by atoms with Crippen molar-refractivity contribution in [3.05, 3.63) is 24.2 Å². The molecule has 3 aromatic rings. The molecule has 1 aliphatic rings. The quantitative estimate of drug-likeness (QED) is 0.612. The minimum atomic E-state index is 0.162. The molecule has 1 fully saturated rings. The lowest BCUT2D eigenvalue weighted by atomic mass is 9.97. The van der Waals surface area contributed by atoms with Crippen LogP contribution in [0.25, 0.3) is 20.8 Å². The van der Waals surface area contributed by atoms with Crippen molar-refractivity contribution >= 4 is 33.3 Å². The zero-order valence-corrected chi connectivity index (χ0v) is 17.9. The molecule has 0 aromatic carbocycles. The van der Waals surface area contributed by atoms with Gasteiger partial charge in [-0.2, -0.15) is 4.98 Å². The SMILES string of the molecule is Cc1nc(NCC(C)(C)C)nc(NC2CCCC2)c1-c1nc2cnccc2s1. The van der Waals surface area contributed by atoms with E-state index in [1.807, 2.05) is 25.4 Å². The van der Waals surface area contributed by atoms with Gasteiger partial charge in [-0.05, 0) is 31.2 Å². The van der Waals surface area contributed by atoms with Gasteiger partial charge in [-0.1, -0.05) is 33.6 Å². The number of pyridine rings is 1. The lowest BCUT2D eigenvalue weighted by Gasteiger charge is -2.21. The Hall–Kier alpha value is -2.28. The summed E-state index contributed by atoms with van der Waals surface area (Å²) in [6, 6.07) is 2.48. The summed E-state index contributed by atoms with van der Waals surface area (Å²) in [5.74, 6) is 1.57. The third-order valence-corrected chi connectivity index (χ3v) is 6.02. The van der Waals surface area contributed by atoms with E-state index in [4.69, 9.17) is 15.0 Å². The lowest BCUT2D eigenvalue weighted by Crippen LogP contribution is -2.22. The Morgan fingerprint density at radius 1 is 1.14 bits per heavy atom. The maximum Gasteiger partial charge on any atom is 0.224 e. The van der Waals surface area contributed by atoms with Crippen molar-refractivity contribution in [3.8, 4) is 10.6 Å². The first-order chi connectivity index (χ1) is 13.4. The molecule has 7 heteroatoms. The molecule has 1 saturated carbocycles. The van der Waals surface area contributed by atoms with Crippen molar-refractivity contribution in [2.24, 2.45) is 5.41 Å². The van der Waals surface area contributed by atoms with Gasteiger partial charge < -0.3 is 10.6 Å². The molecule has 148 valence electrons. The third kappa shape index (κ3) is 4.24. The van der Waals surface area contributed by atoms with E-state index in [-0.39, 0.29) is 5.41 Å². The van der Waals surface area contributed by atoms with Crippen LogP contribution >= 0.6 is 11.3 Å². The molecular weight excluding hydrogens is 368 g/mol. The standard InChI is InChI=1S/C21H28N6S/c1-13-17(19-26-15-11-22-10-9-16(15)28-19)18(25-14-7-5-6-8-14)27-20(24-13)23-12-21(2,3)4/h9-11,14H,5-8,12H2,1-4H3,(H2,23,24,25,27). The Morgan fingerprint density at radius 3 is 2.64 bits per heavy atom. The molecule has 3 aromatic heterocycles. The van der Waals surface area contributed by atoms with Crippen LogP contribution in [-0.4, -0.2) is 32.5 Å². The van der Waals surface area contributed by atoms with Crippen molar-refractivity contribution in [2.75, 3.05) is 17.2 Å². The summed E-state index contributed by atoms with van der Waals surface area (Å²) in [6.07, 6.45) is 8.56. The molecular formula is C21H28N6S. The van der Waals surface area contributed by atoms with Gasteiger partial charge in [-0.25, -0.2) is 9.97 Å². The van der Waals surface area contributed by atoms with E-state index in [0.717, 1.165) is 38.8 Å². The monoisotopic (exact) mass is 396 g/mol. The number of fused-ring (bicyclic) bond motifs is 1. The van der Waals surface area contributed by atoms with E-state index in [1.165, 1.54) is 25.7 Å². The lowest BCUT2D eigenvalue weighted by molar-refractivity contribution is 0.442. The zero-order valence-electron chi connectivity index (χ0n) is 17.0. The van der Waals surface area contributed by atoms with Crippen LogP contribution in [0, 0.1) is 12.3 Å². The van der Waals surface area contributed by atoms with Crippen LogP contribution in [0.15, 0.2) is 18.5 Å². The second-order valence-corrected chi connectivity index (χ2v) is 9.79. The molecule has 0 atom stereocenters. The van der Waals surface area contributed by atoms with Crippen molar-refractivity contribution in [3.63, 3.8) is 0 Å². The number of hydrogen-bond donors (Lipinski definition) is 2. The summed E-state index contributed by atoms with van der Waals surface area (Å²) >= 11 is 1.67. The minimum Gasteiger partial charge on any atom is -0.367 e. The van der Waals surface area contributed by atoms with Crippen LogP contribution in [0.1, 0.15) is 52.1 Å². The third-order valence-electron chi connectivity index (χ3n) is 4.97. The van der Waals surface area contributed by atoms with E-state index in [2.05, 4.69) is 36.4 Å². The van der Waals surface area contributed by atoms with E-state index < -0.39 is 0 Å². The van der Waals surface area contributed by atoms with Gasteiger partial charge in [-0.3, -0.25) is 4.98 Å². The highest BCUT2D eigenvalue weighted by atomic mass is 32.1. The van der Waals surface area contributed by atoms with Crippen molar-refractivity contribution in [1.82, 2.24) is 19.9 Å². The summed E-state index contributed by atoms with van der Waals surface area (Å²) in [4.78, 5) is 18.6. The average molecular weight is 397 g/mol. The van der Waals surface area contributed by atoms with E-state index >= 15 is 0 Å². The molecule has 2 N–H and O–H groups in total. The van der Waals surface area contributed by atoms with Gasteiger partial charge in [-0.15, -0.1) is 11.3 Å². The van der Waals surface area contributed by atoms with Crippen LogP contribution in [0.2, 0.25) is 0 Å². The van der Waals surface area contributed by atoms with Gasteiger partial charge in [0.25, 0.3) is 0 Å². The summed E-state index contributed by atoms with van der Waals surface area (Å²) in [5, 5.41) is 8.04. The first kappa shape index (κ1) is 19.1. The zero-order chi connectivity index (χ0) is 19.7. The van der Waals surface area contributed by atoms with Crippen molar-refractivity contribution in [1.29, 1.82) is 0 Å². The van der Waals surface area contributed by atoms with Crippen molar-refractivity contribution in [2.45, 2.75) is 59.4 Å². The molecule has 0 unspecified atom stereocenters. The van der Waals surface area contributed by atoms with Crippen LogP contribution in [0.4, 0.5) is 11.8 Å². The molecule has 0 saturated heterocycles. The Bertz CT molecular complexity index is 936. The molecule has 0 radical (unpaired) electrons. The maximum absolute atomic E-state index is 4.86. The van der Waals surface area contributed by atoms with Crippen molar-refractivity contribution < 1.29 is 0 Å². The highest BCUT2D eigenvalue weighted by Gasteiger charge is 2.22. The van der Waals surface area contributed by atoms with Gasteiger partial charge in [0.1, 0.15) is 16.3 Å². The van der Waals surface area contributed by atoms with Gasteiger partial charge in [0.2, 0.25) is 5.95 Å². The molecule has 3 heterocycles. The number of thiazole rings is 1. The first-order valence-electron chi connectivity index (χ1n) is 9.99. The minimum absolute atomic E-state index is 0.162. The van der Waals surface area contributed by atoms with Crippen LogP contribution in [-0.2, 0) is 0 Å². The highest BCUT2D eigenvalue weighted by Crippen LogP contribution is 2.37. The summed E-state index contributed by atoms with van der Waals surface area (Å²) in [6.45, 7) is 9.47. The van der Waals surface area contributed by atoms with Crippen LogP contribution in [0.3, 0.4) is 0 Å². The number of hydrogen-bond acceptors (Lipinski definition) is 7. The van der Waals surface area contributed by atoms with E-state index in [0.29, 0.717) is 12.0 Å². The number of aromatic nitrogens is 4. The molecule has 0 spiro atoms. The largest absolute Gasteiger partial charge is 0.367 e. The number of nitrogens with zero attached hydrogens (tertiary/aromatic N) is 4. The Kier molecular flexibility index (Phi) is 5.19. The first-order valence-corrected chi connectivity index (χ1v) is 10.8. The second-order valence-electron chi connectivity index (χ2n) is 8.76. The van der Waals surface area contributed by atoms with E-state index in [1.54, 1.807) is 11.3 Å². The maximum atomic E-state index is 4.86. The molecule has 0 aliphatic heterocycles.